The van der Waals surface area contributed by atoms with Crippen LogP contribution in [0.3, 0.4) is 0 Å². The summed E-state index contributed by atoms with van der Waals surface area (Å²) in [5, 5.41) is 0. The van der Waals surface area contributed by atoms with Crippen LogP contribution in [0.5, 0.6) is 0 Å². The lowest BCUT2D eigenvalue weighted by atomic mass is 9.95. The number of unbranched alkanes of at least 4 members (excludes halogenated alkanes) is 6. The smallest absolute Gasteiger partial charge is 0.105 e. The number of halogens is 1. The van der Waals surface area contributed by atoms with E-state index < -0.39 is 6.17 Å². The van der Waals surface area contributed by atoms with Gasteiger partial charge in [0, 0.05) is 12.8 Å². The first-order valence-electron chi connectivity index (χ1n) is 8.55. The van der Waals surface area contributed by atoms with E-state index in [-0.39, 0.29) is 12.2 Å². The molecule has 1 aliphatic rings. The van der Waals surface area contributed by atoms with Gasteiger partial charge in [-0.15, -0.1) is 0 Å². The number of alkyl halides is 1. The van der Waals surface area contributed by atoms with Gasteiger partial charge >= 0.3 is 0 Å². The standard InChI is InChI=1S/C17H33FO/c1-3-5-7-9-11-16-13-15(18)14-17(19-16)12-10-8-6-4-2/h15-17H,3-14H2,1-2H3/t15?,16-,17+. The zero-order valence-electron chi connectivity index (χ0n) is 13.0. The van der Waals surface area contributed by atoms with Crippen molar-refractivity contribution in [2.24, 2.45) is 0 Å². The quantitative estimate of drug-likeness (QED) is 0.456. The summed E-state index contributed by atoms with van der Waals surface area (Å²) in [7, 11) is 0. The van der Waals surface area contributed by atoms with Crippen LogP contribution in [0.1, 0.15) is 90.9 Å². The van der Waals surface area contributed by atoms with E-state index in [0.717, 1.165) is 12.8 Å². The van der Waals surface area contributed by atoms with Gasteiger partial charge in [0.1, 0.15) is 6.17 Å². The largest absolute Gasteiger partial charge is 0.375 e. The molecule has 0 saturated carbocycles. The van der Waals surface area contributed by atoms with E-state index in [2.05, 4.69) is 13.8 Å². The molecular formula is C17H33FO. The average molecular weight is 272 g/mol. The fraction of sp³-hybridized carbons (Fsp3) is 1.00. The zero-order valence-corrected chi connectivity index (χ0v) is 13.0. The van der Waals surface area contributed by atoms with E-state index >= 15 is 0 Å². The minimum atomic E-state index is -0.624. The van der Waals surface area contributed by atoms with Crippen LogP contribution in [0, 0.1) is 0 Å². The first-order chi connectivity index (χ1) is 9.26. The Morgan fingerprint density at radius 1 is 0.789 bits per heavy atom. The second kappa shape index (κ2) is 10.7. The maximum absolute atomic E-state index is 13.8. The van der Waals surface area contributed by atoms with E-state index in [0.29, 0.717) is 12.8 Å². The van der Waals surface area contributed by atoms with Gasteiger partial charge in [0.25, 0.3) is 0 Å². The molecule has 1 fully saturated rings. The molecule has 1 nitrogen and oxygen atoms in total. The Morgan fingerprint density at radius 3 is 1.68 bits per heavy atom. The molecule has 0 N–H and O–H groups in total. The van der Waals surface area contributed by atoms with E-state index in [4.69, 9.17) is 4.74 Å². The molecular weight excluding hydrogens is 239 g/mol. The lowest BCUT2D eigenvalue weighted by Gasteiger charge is -2.32. The van der Waals surface area contributed by atoms with Gasteiger partial charge in [0.15, 0.2) is 0 Å². The lowest BCUT2D eigenvalue weighted by molar-refractivity contribution is -0.0838. The van der Waals surface area contributed by atoms with Gasteiger partial charge in [-0.05, 0) is 12.8 Å². The van der Waals surface area contributed by atoms with Crippen LogP contribution < -0.4 is 0 Å². The van der Waals surface area contributed by atoms with Gasteiger partial charge in [0.2, 0.25) is 0 Å². The third-order valence-electron chi connectivity index (χ3n) is 4.18. The maximum Gasteiger partial charge on any atom is 0.105 e. The van der Waals surface area contributed by atoms with Gasteiger partial charge in [0.05, 0.1) is 12.2 Å². The normalized spacial score (nSPS) is 27.6. The molecule has 3 atom stereocenters. The van der Waals surface area contributed by atoms with Gasteiger partial charge in [-0.2, -0.15) is 0 Å². The van der Waals surface area contributed by atoms with Crippen LogP contribution in [0.15, 0.2) is 0 Å². The topological polar surface area (TPSA) is 9.23 Å². The van der Waals surface area contributed by atoms with Crippen molar-refractivity contribution < 1.29 is 9.13 Å². The van der Waals surface area contributed by atoms with Gasteiger partial charge in [-0.1, -0.05) is 65.2 Å². The summed E-state index contributed by atoms with van der Waals surface area (Å²) < 4.78 is 19.8. The highest BCUT2D eigenvalue weighted by molar-refractivity contribution is 4.77. The number of hydrogen-bond acceptors (Lipinski definition) is 1. The first-order valence-corrected chi connectivity index (χ1v) is 8.55. The van der Waals surface area contributed by atoms with Crippen LogP contribution in [0.4, 0.5) is 4.39 Å². The van der Waals surface area contributed by atoms with Gasteiger partial charge in [-0.3, -0.25) is 0 Å². The Balaban J connectivity index is 2.16. The lowest BCUT2D eigenvalue weighted by Crippen LogP contribution is -2.33. The molecule has 1 saturated heterocycles. The molecule has 2 heteroatoms. The molecule has 19 heavy (non-hydrogen) atoms. The van der Waals surface area contributed by atoms with Crippen LogP contribution in [-0.2, 0) is 4.74 Å². The van der Waals surface area contributed by atoms with Crippen LogP contribution >= 0.6 is 0 Å². The minimum Gasteiger partial charge on any atom is -0.375 e. The van der Waals surface area contributed by atoms with E-state index in [1.54, 1.807) is 0 Å². The first kappa shape index (κ1) is 16.9. The third-order valence-corrected chi connectivity index (χ3v) is 4.18. The summed E-state index contributed by atoms with van der Waals surface area (Å²) in [6.07, 6.45) is 13.2. The van der Waals surface area contributed by atoms with Crippen molar-refractivity contribution in [3.8, 4) is 0 Å². The highest BCUT2D eigenvalue weighted by Crippen LogP contribution is 2.28. The van der Waals surface area contributed by atoms with Crippen molar-refractivity contribution >= 4 is 0 Å². The van der Waals surface area contributed by atoms with Crippen molar-refractivity contribution in [2.45, 2.75) is 109 Å². The van der Waals surface area contributed by atoms with Crippen molar-refractivity contribution in [1.82, 2.24) is 0 Å². The van der Waals surface area contributed by atoms with Crippen molar-refractivity contribution in [3.63, 3.8) is 0 Å². The fourth-order valence-electron chi connectivity index (χ4n) is 3.02. The predicted octanol–water partition coefficient (Wildman–Crippen LogP) is 5.81. The highest BCUT2D eigenvalue weighted by atomic mass is 19.1. The summed E-state index contributed by atoms with van der Waals surface area (Å²) in [4.78, 5) is 0. The molecule has 114 valence electrons. The van der Waals surface area contributed by atoms with Crippen molar-refractivity contribution in [1.29, 1.82) is 0 Å². The SMILES string of the molecule is CCCCCC[C@@H]1CC(F)C[C@H](CCCCCC)O1. The Labute approximate surface area is 119 Å². The summed E-state index contributed by atoms with van der Waals surface area (Å²) in [5.74, 6) is 0. The minimum absolute atomic E-state index is 0.191. The second-order valence-corrected chi connectivity index (χ2v) is 6.15. The molecule has 0 aliphatic carbocycles. The number of ether oxygens (including phenoxy) is 1. The van der Waals surface area contributed by atoms with Gasteiger partial charge in [-0.25, -0.2) is 4.39 Å². The molecule has 0 amide bonds. The molecule has 1 rings (SSSR count). The summed E-state index contributed by atoms with van der Waals surface area (Å²) in [5.41, 5.74) is 0. The van der Waals surface area contributed by atoms with E-state index in [9.17, 15) is 4.39 Å². The van der Waals surface area contributed by atoms with Gasteiger partial charge < -0.3 is 4.74 Å². The average Bonchev–Trinajstić information content (AvgIpc) is 2.39. The molecule has 0 spiro atoms. The van der Waals surface area contributed by atoms with Crippen LogP contribution in [0.25, 0.3) is 0 Å². The van der Waals surface area contributed by atoms with E-state index in [1.807, 2.05) is 0 Å². The van der Waals surface area contributed by atoms with E-state index in [1.165, 1.54) is 51.4 Å². The summed E-state index contributed by atoms with van der Waals surface area (Å²) in [6, 6.07) is 0. The molecule has 0 bridgehead atoms. The highest BCUT2D eigenvalue weighted by Gasteiger charge is 2.28. The molecule has 0 aromatic rings. The Kier molecular flexibility index (Phi) is 9.50. The van der Waals surface area contributed by atoms with Crippen molar-refractivity contribution in [2.75, 3.05) is 0 Å². The summed E-state index contributed by atoms with van der Waals surface area (Å²) in [6.45, 7) is 4.45. The Hall–Kier alpha value is -0.110. The molecule has 0 radical (unpaired) electrons. The van der Waals surface area contributed by atoms with Crippen molar-refractivity contribution in [3.05, 3.63) is 0 Å². The molecule has 1 heterocycles. The zero-order chi connectivity index (χ0) is 13.9. The predicted molar refractivity (Wildman–Crippen MR) is 80.3 cm³/mol. The molecule has 0 aromatic carbocycles. The summed E-state index contributed by atoms with van der Waals surface area (Å²) >= 11 is 0. The molecule has 1 aliphatic heterocycles. The van der Waals surface area contributed by atoms with Crippen LogP contribution in [0.2, 0.25) is 0 Å². The fourth-order valence-corrected chi connectivity index (χ4v) is 3.02. The second-order valence-electron chi connectivity index (χ2n) is 6.15. The number of hydrogen-bond donors (Lipinski definition) is 0. The maximum atomic E-state index is 13.8. The van der Waals surface area contributed by atoms with Crippen LogP contribution in [-0.4, -0.2) is 18.4 Å². The molecule has 1 unspecified atom stereocenters. The number of rotatable bonds is 10. The Morgan fingerprint density at radius 2 is 1.26 bits per heavy atom. The third kappa shape index (κ3) is 7.91. The monoisotopic (exact) mass is 272 g/mol. The molecule has 0 aromatic heterocycles. The Bertz CT molecular complexity index is 187.